The summed E-state index contributed by atoms with van der Waals surface area (Å²) < 4.78 is 5.59. The van der Waals surface area contributed by atoms with E-state index in [0.29, 0.717) is 11.7 Å². The minimum atomic E-state index is -0.497. The SMILES string of the molecule is CNC(=S)OC1CN(C)C(=O)N1c1nnc(C(C)(C)C)s1. The second kappa shape index (κ2) is 5.72. The molecule has 1 atom stereocenters. The number of carbonyl (C=O) groups excluding carboxylic acids is 1. The molecule has 2 rings (SSSR count). The summed E-state index contributed by atoms with van der Waals surface area (Å²) in [4.78, 5) is 15.4. The number of hydrogen-bond donors (Lipinski definition) is 1. The van der Waals surface area contributed by atoms with Crippen molar-refractivity contribution >= 4 is 39.9 Å². The van der Waals surface area contributed by atoms with Gasteiger partial charge in [-0.05, 0) is 12.2 Å². The van der Waals surface area contributed by atoms with E-state index in [1.807, 2.05) is 0 Å². The Hall–Kier alpha value is -1.48. The van der Waals surface area contributed by atoms with Crippen molar-refractivity contribution in [2.45, 2.75) is 32.4 Å². The first kappa shape index (κ1) is 15.9. The lowest BCUT2D eigenvalue weighted by Crippen LogP contribution is -2.39. The van der Waals surface area contributed by atoms with Gasteiger partial charge in [0.15, 0.2) is 0 Å². The molecule has 1 saturated heterocycles. The molecule has 1 fully saturated rings. The highest BCUT2D eigenvalue weighted by molar-refractivity contribution is 7.80. The zero-order valence-corrected chi connectivity index (χ0v) is 14.3. The summed E-state index contributed by atoms with van der Waals surface area (Å²) in [6.45, 7) is 6.59. The van der Waals surface area contributed by atoms with Gasteiger partial charge in [-0.2, -0.15) is 0 Å². The van der Waals surface area contributed by atoms with Gasteiger partial charge in [0.1, 0.15) is 5.01 Å². The number of likely N-dealkylation sites (N-methyl/N-ethyl adjacent to an activating group) is 1. The molecule has 0 saturated carbocycles. The monoisotopic (exact) mass is 329 g/mol. The summed E-state index contributed by atoms with van der Waals surface area (Å²) >= 11 is 6.41. The van der Waals surface area contributed by atoms with E-state index >= 15 is 0 Å². The second-order valence-electron chi connectivity index (χ2n) is 5.78. The predicted octanol–water partition coefficient (Wildman–Crippen LogP) is 1.55. The van der Waals surface area contributed by atoms with Gasteiger partial charge in [-0.25, -0.2) is 9.69 Å². The lowest BCUT2D eigenvalue weighted by molar-refractivity contribution is 0.194. The molecule has 0 aromatic carbocycles. The Morgan fingerprint density at radius 3 is 2.67 bits per heavy atom. The lowest BCUT2D eigenvalue weighted by atomic mass is 9.98. The van der Waals surface area contributed by atoms with E-state index < -0.39 is 6.23 Å². The third-order valence-corrected chi connectivity index (χ3v) is 4.61. The standard InChI is InChI=1S/C12H19N5O2S2/c1-12(2,3)8-14-15-9(21-8)17-7(19-10(20)13-4)6-16(5)11(17)18/h7H,6H2,1-5H3,(H,13,20). The number of anilines is 1. The fourth-order valence-electron chi connectivity index (χ4n) is 1.79. The maximum absolute atomic E-state index is 12.3. The molecule has 1 unspecified atom stereocenters. The van der Waals surface area contributed by atoms with Gasteiger partial charge in [0, 0.05) is 19.5 Å². The lowest BCUT2D eigenvalue weighted by Gasteiger charge is -2.20. The van der Waals surface area contributed by atoms with Gasteiger partial charge in [-0.3, -0.25) is 0 Å². The van der Waals surface area contributed by atoms with E-state index in [-0.39, 0.29) is 16.6 Å². The number of urea groups is 1. The molecular weight excluding hydrogens is 310 g/mol. The molecule has 0 radical (unpaired) electrons. The molecule has 1 aliphatic rings. The first-order valence-electron chi connectivity index (χ1n) is 6.50. The van der Waals surface area contributed by atoms with E-state index in [2.05, 4.69) is 36.3 Å². The van der Waals surface area contributed by atoms with E-state index in [1.54, 1.807) is 19.0 Å². The van der Waals surface area contributed by atoms with Gasteiger partial charge in [-0.15, -0.1) is 10.2 Å². The Bertz CT molecular complexity index is 554. The van der Waals surface area contributed by atoms with E-state index in [4.69, 9.17) is 17.0 Å². The second-order valence-corrected chi connectivity index (χ2v) is 7.11. The van der Waals surface area contributed by atoms with E-state index in [1.165, 1.54) is 16.2 Å². The molecule has 7 nitrogen and oxygen atoms in total. The van der Waals surface area contributed by atoms with Crippen molar-refractivity contribution in [1.82, 2.24) is 20.4 Å². The highest BCUT2D eigenvalue weighted by atomic mass is 32.1. The molecule has 2 heterocycles. The topological polar surface area (TPSA) is 70.6 Å². The van der Waals surface area contributed by atoms with Crippen LogP contribution in [-0.4, -0.2) is 53.2 Å². The molecule has 9 heteroatoms. The van der Waals surface area contributed by atoms with Crippen molar-refractivity contribution in [3.8, 4) is 0 Å². The molecule has 1 aromatic rings. The fourth-order valence-corrected chi connectivity index (χ4v) is 2.84. The van der Waals surface area contributed by atoms with Crippen molar-refractivity contribution in [3.63, 3.8) is 0 Å². The maximum atomic E-state index is 12.3. The van der Waals surface area contributed by atoms with Crippen molar-refractivity contribution in [3.05, 3.63) is 5.01 Å². The van der Waals surface area contributed by atoms with Crippen LogP contribution in [-0.2, 0) is 10.2 Å². The Morgan fingerprint density at radius 2 is 2.14 bits per heavy atom. The van der Waals surface area contributed by atoms with E-state index in [0.717, 1.165) is 5.01 Å². The number of nitrogens with zero attached hydrogens (tertiary/aromatic N) is 4. The number of nitrogens with one attached hydrogen (secondary N) is 1. The zero-order chi connectivity index (χ0) is 15.8. The van der Waals surface area contributed by atoms with Crippen LogP contribution in [0.25, 0.3) is 0 Å². The Kier molecular flexibility index (Phi) is 4.33. The van der Waals surface area contributed by atoms with E-state index in [9.17, 15) is 4.79 Å². The molecule has 21 heavy (non-hydrogen) atoms. The van der Waals surface area contributed by atoms with Gasteiger partial charge in [0.25, 0.3) is 5.17 Å². The van der Waals surface area contributed by atoms with Crippen LogP contribution in [0.4, 0.5) is 9.93 Å². The minimum Gasteiger partial charge on any atom is -0.444 e. The number of amides is 2. The summed E-state index contributed by atoms with van der Waals surface area (Å²) in [5, 5.41) is 12.7. The predicted molar refractivity (Wildman–Crippen MR) is 85.6 cm³/mol. The van der Waals surface area contributed by atoms with Crippen LogP contribution in [0.1, 0.15) is 25.8 Å². The van der Waals surface area contributed by atoms with Crippen LogP contribution in [0.5, 0.6) is 0 Å². The summed E-state index contributed by atoms with van der Waals surface area (Å²) in [6.07, 6.45) is -0.497. The number of ether oxygens (including phenoxy) is 1. The summed E-state index contributed by atoms with van der Waals surface area (Å²) in [7, 11) is 3.39. The van der Waals surface area contributed by atoms with Crippen LogP contribution in [0.15, 0.2) is 0 Å². The normalized spacial score (nSPS) is 19.1. The smallest absolute Gasteiger partial charge is 0.329 e. The van der Waals surface area contributed by atoms with Gasteiger partial charge in [-0.1, -0.05) is 32.1 Å². The zero-order valence-electron chi connectivity index (χ0n) is 12.7. The van der Waals surface area contributed by atoms with Crippen molar-refractivity contribution in [1.29, 1.82) is 0 Å². The number of hydrogen-bond acceptors (Lipinski definition) is 6. The number of thiocarbonyl (C=S) groups is 1. The highest BCUT2D eigenvalue weighted by Crippen LogP contribution is 2.33. The Morgan fingerprint density at radius 1 is 1.48 bits per heavy atom. The average Bonchev–Trinajstić information content (AvgIpc) is 2.96. The number of carbonyl (C=O) groups is 1. The van der Waals surface area contributed by atoms with Gasteiger partial charge in [0.05, 0.1) is 6.54 Å². The minimum absolute atomic E-state index is 0.110. The van der Waals surface area contributed by atoms with Crippen molar-refractivity contribution < 1.29 is 9.53 Å². The molecule has 1 aromatic heterocycles. The van der Waals surface area contributed by atoms with Crippen LogP contribution in [0.3, 0.4) is 0 Å². The van der Waals surface area contributed by atoms with Crippen LogP contribution >= 0.6 is 23.6 Å². The quantitative estimate of drug-likeness (QED) is 0.830. The molecule has 0 spiro atoms. The van der Waals surface area contributed by atoms with Gasteiger partial charge in [0.2, 0.25) is 11.4 Å². The number of rotatable bonds is 2. The van der Waals surface area contributed by atoms with Crippen molar-refractivity contribution in [2.24, 2.45) is 0 Å². The van der Waals surface area contributed by atoms with Gasteiger partial charge >= 0.3 is 6.03 Å². The molecule has 0 aliphatic carbocycles. The summed E-state index contributed by atoms with van der Waals surface area (Å²) in [5.41, 5.74) is -0.110. The van der Waals surface area contributed by atoms with Crippen molar-refractivity contribution in [2.75, 3.05) is 25.5 Å². The van der Waals surface area contributed by atoms with Gasteiger partial charge < -0.3 is 15.0 Å². The first-order chi connectivity index (χ1) is 9.74. The van der Waals surface area contributed by atoms with Crippen LogP contribution in [0, 0.1) is 0 Å². The summed E-state index contributed by atoms with van der Waals surface area (Å²) in [6, 6.07) is -0.171. The Balaban J connectivity index is 2.27. The third-order valence-electron chi connectivity index (χ3n) is 2.96. The molecule has 1 aliphatic heterocycles. The third kappa shape index (κ3) is 3.24. The molecule has 1 N–H and O–H groups in total. The maximum Gasteiger partial charge on any atom is 0.329 e. The van der Waals surface area contributed by atoms with Crippen LogP contribution in [0.2, 0.25) is 0 Å². The van der Waals surface area contributed by atoms with Crippen LogP contribution < -0.4 is 10.2 Å². The molecule has 0 bridgehead atoms. The molecule has 2 amide bonds. The molecule has 116 valence electrons. The largest absolute Gasteiger partial charge is 0.444 e. The average molecular weight is 329 g/mol. The Labute approximate surface area is 133 Å². The summed E-state index contributed by atoms with van der Waals surface area (Å²) in [5.74, 6) is 0. The highest BCUT2D eigenvalue weighted by Gasteiger charge is 2.40. The molecular formula is C12H19N5O2S2. The first-order valence-corrected chi connectivity index (χ1v) is 7.73. The fraction of sp³-hybridized carbons (Fsp3) is 0.667. The number of aromatic nitrogens is 2.